The molecule has 1 atom stereocenters. The molecule has 0 saturated carbocycles. The third-order valence-corrected chi connectivity index (χ3v) is 3.81. The third-order valence-electron chi connectivity index (χ3n) is 3.81. The maximum absolute atomic E-state index is 11.9. The van der Waals surface area contributed by atoms with Crippen LogP contribution in [-0.4, -0.2) is 11.1 Å². The van der Waals surface area contributed by atoms with Crippen molar-refractivity contribution in [2.75, 3.05) is 0 Å². The molecule has 0 bridgehead atoms. The van der Waals surface area contributed by atoms with Crippen molar-refractivity contribution < 1.29 is 14.6 Å². The molecule has 1 N–H and O–H groups in total. The second-order valence-corrected chi connectivity index (χ2v) is 5.78. The van der Waals surface area contributed by atoms with Crippen LogP contribution in [0.5, 0.6) is 5.75 Å². The molecule has 3 nitrogen and oxygen atoms in total. The van der Waals surface area contributed by atoms with Gasteiger partial charge in [0.2, 0.25) is 0 Å². The van der Waals surface area contributed by atoms with Gasteiger partial charge in [-0.25, -0.2) is 0 Å². The Morgan fingerprint density at radius 1 is 1.11 bits per heavy atom. The van der Waals surface area contributed by atoms with Gasteiger partial charge in [0.25, 0.3) is 0 Å². The van der Waals surface area contributed by atoms with E-state index in [4.69, 9.17) is 4.74 Å². The number of hydrogen-bond acceptors (Lipinski definition) is 3. The summed E-state index contributed by atoms with van der Waals surface area (Å²) in [5.41, 5.74) is -0.497. The predicted octanol–water partition coefficient (Wildman–Crippen LogP) is 3.65. The summed E-state index contributed by atoms with van der Waals surface area (Å²) in [5, 5.41) is 10.1. The number of hydrogen-bond donors (Lipinski definition) is 1. The average molecular weight is 264 g/mol. The summed E-state index contributed by atoms with van der Waals surface area (Å²) >= 11 is 0. The van der Waals surface area contributed by atoms with E-state index >= 15 is 0 Å². The fraction of sp³-hybridized carbons (Fsp3) is 0.562. The van der Waals surface area contributed by atoms with Gasteiger partial charge >= 0.3 is 5.97 Å². The molecule has 0 fully saturated rings. The molecule has 0 amide bonds. The molecule has 0 aliphatic heterocycles. The van der Waals surface area contributed by atoms with Crippen LogP contribution in [0.25, 0.3) is 0 Å². The van der Waals surface area contributed by atoms with Crippen LogP contribution in [0.15, 0.2) is 24.3 Å². The molecule has 0 aliphatic carbocycles. The number of rotatable bonds is 5. The van der Waals surface area contributed by atoms with Crippen molar-refractivity contribution in [3.63, 3.8) is 0 Å². The largest absolute Gasteiger partial charge is 0.426 e. The highest BCUT2D eigenvalue weighted by Crippen LogP contribution is 2.27. The monoisotopic (exact) mass is 264 g/mol. The molecule has 0 heterocycles. The lowest BCUT2D eigenvalue weighted by molar-refractivity contribution is -0.144. The molecule has 0 saturated heterocycles. The normalized spacial score (nSPS) is 14.8. The number of esters is 1. The Morgan fingerprint density at radius 3 is 2.05 bits per heavy atom. The maximum atomic E-state index is 11.9. The fourth-order valence-corrected chi connectivity index (χ4v) is 1.48. The van der Waals surface area contributed by atoms with Crippen LogP contribution in [0.1, 0.15) is 53.0 Å². The summed E-state index contributed by atoms with van der Waals surface area (Å²) < 4.78 is 5.35. The van der Waals surface area contributed by atoms with Crippen molar-refractivity contribution in [3.8, 4) is 5.75 Å². The molecule has 19 heavy (non-hydrogen) atoms. The Labute approximate surface area is 115 Å². The van der Waals surface area contributed by atoms with Crippen molar-refractivity contribution in [1.82, 2.24) is 0 Å². The van der Waals surface area contributed by atoms with E-state index in [1.165, 1.54) is 0 Å². The van der Waals surface area contributed by atoms with Crippen LogP contribution in [-0.2, 0) is 10.4 Å². The van der Waals surface area contributed by atoms with E-state index in [-0.39, 0.29) is 5.97 Å². The lowest BCUT2D eigenvalue weighted by Crippen LogP contribution is -2.28. The van der Waals surface area contributed by atoms with Gasteiger partial charge in [0.15, 0.2) is 0 Å². The molecule has 106 valence electrons. The minimum absolute atomic E-state index is 0.231. The van der Waals surface area contributed by atoms with E-state index in [1.54, 1.807) is 31.2 Å². The van der Waals surface area contributed by atoms with Gasteiger partial charge in [-0.3, -0.25) is 4.79 Å². The molecule has 3 heteroatoms. The lowest BCUT2D eigenvalue weighted by atomic mass is 9.90. The summed E-state index contributed by atoms with van der Waals surface area (Å²) in [6, 6.07) is 7.04. The Kier molecular flexibility index (Phi) is 4.75. The molecule has 1 aromatic rings. The first kappa shape index (κ1) is 15.7. The Morgan fingerprint density at radius 2 is 1.63 bits per heavy atom. The van der Waals surface area contributed by atoms with Crippen LogP contribution < -0.4 is 4.74 Å². The summed E-state index contributed by atoms with van der Waals surface area (Å²) in [7, 11) is 0. The number of aliphatic hydroxyl groups is 1. The lowest BCUT2D eigenvalue weighted by Gasteiger charge is -2.23. The summed E-state index contributed by atoms with van der Waals surface area (Å²) in [5.74, 6) is 0.284. The van der Waals surface area contributed by atoms with E-state index < -0.39 is 11.0 Å². The molecule has 0 radical (unpaired) electrons. The van der Waals surface area contributed by atoms with Gasteiger partial charge in [0, 0.05) is 0 Å². The van der Waals surface area contributed by atoms with E-state index in [0.29, 0.717) is 12.2 Å². The van der Waals surface area contributed by atoms with Crippen molar-refractivity contribution in [1.29, 1.82) is 0 Å². The number of benzene rings is 1. The zero-order valence-electron chi connectivity index (χ0n) is 12.5. The first-order chi connectivity index (χ1) is 8.73. The minimum Gasteiger partial charge on any atom is -0.426 e. The molecule has 0 spiro atoms. The molecule has 1 rings (SSSR count). The van der Waals surface area contributed by atoms with Crippen LogP contribution >= 0.6 is 0 Å². The maximum Gasteiger partial charge on any atom is 0.316 e. The molecular weight excluding hydrogens is 240 g/mol. The number of ether oxygens (including phenoxy) is 1. The highest BCUT2D eigenvalue weighted by Gasteiger charge is 2.28. The minimum atomic E-state index is -0.842. The molecular formula is C16H24O3. The fourth-order valence-electron chi connectivity index (χ4n) is 1.48. The molecule has 0 aromatic heterocycles. The predicted molar refractivity (Wildman–Crippen MR) is 76.0 cm³/mol. The van der Waals surface area contributed by atoms with Crippen LogP contribution in [0.4, 0.5) is 0 Å². The van der Waals surface area contributed by atoms with Crippen molar-refractivity contribution >= 4 is 5.97 Å². The topological polar surface area (TPSA) is 46.5 Å². The van der Waals surface area contributed by atoms with Gasteiger partial charge in [0.1, 0.15) is 5.75 Å². The number of carbonyl (C=O) groups is 1. The Hall–Kier alpha value is -1.35. The SMILES string of the molecule is CCC(C)(C)C(=O)Oc1ccc(C(C)(O)CC)cc1. The first-order valence-electron chi connectivity index (χ1n) is 6.78. The van der Waals surface area contributed by atoms with Gasteiger partial charge < -0.3 is 9.84 Å². The Balaban J connectivity index is 2.81. The third kappa shape index (κ3) is 3.80. The highest BCUT2D eigenvalue weighted by atomic mass is 16.5. The zero-order chi connectivity index (χ0) is 14.7. The highest BCUT2D eigenvalue weighted by molar-refractivity contribution is 5.78. The van der Waals surface area contributed by atoms with Crippen molar-refractivity contribution in [3.05, 3.63) is 29.8 Å². The molecule has 0 aliphatic rings. The molecule has 1 unspecified atom stereocenters. The quantitative estimate of drug-likeness (QED) is 0.652. The van der Waals surface area contributed by atoms with E-state index in [2.05, 4.69) is 0 Å². The van der Waals surface area contributed by atoms with Gasteiger partial charge in [-0.15, -0.1) is 0 Å². The smallest absolute Gasteiger partial charge is 0.316 e. The summed E-state index contributed by atoms with van der Waals surface area (Å²) in [4.78, 5) is 11.9. The first-order valence-corrected chi connectivity index (χ1v) is 6.78. The van der Waals surface area contributed by atoms with E-state index in [1.807, 2.05) is 27.7 Å². The standard InChI is InChI=1S/C16H24O3/c1-6-15(3,4)14(17)19-13-10-8-12(9-11-13)16(5,18)7-2/h8-11,18H,6-7H2,1-5H3. The van der Waals surface area contributed by atoms with Gasteiger partial charge in [-0.05, 0) is 51.3 Å². The second kappa shape index (κ2) is 5.74. The molecule has 1 aromatic carbocycles. The van der Waals surface area contributed by atoms with Crippen LogP contribution in [0, 0.1) is 5.41 Å². The van der Waals surface area contributed by atoms with E-state index in [9.17, 15) is 9.90 Å². The van der Waals surface area contributed by atoms with Gasteiger partial charge in [-0.1, -0.05) is 26.0 Å². The summed E-state index contributed by atoms with van der Waals surface area (Å²) in [6.45, 7) is 9.39. The zero-order valence-corrected chi connectivity index (χ0v) is 12.5. The van der Waals surface area contributed by atoms with Crippen molar-refractivity contribution in [2.45, 2.75) is 53.1 Å². The van der Waals surface area contributed by atoms with Crippen LogP contribution in [0.2, 0.25) is 0 Å². The van der Waals surface area contributed by atoms with Gasteiger partial charge in [-0.2, -0.15) is 0 Å². The van der Waals surface area contributed by atoms with Crippen molar-refractivity contribution in [2.24, 2.45) is 5.41 Å². The Bertz CT molecular complexity index is 430. The van der Waals surface area contributed by atoms with Crippen LogP contribution in [0.3, 0.4) is 0 Å². The number of carbonyl (C=O) groups excluding carboxylic acids is 1. The van der Waals surface area contributed by atoms with Gasteiger partial charge in [0.05, 0.1) is 11.0 Å². The van der Waals surface area contributed by atoms with E-state index in [0.717, 1.165) is 12.0 Å². The average Bonchev–Trinajstić information content (AvgIpc) is 2.39. The summed E-state index contributed by atoms with van der Waals surface area (Å²) in [6.07, 6.45) is 1.36. The second-order valence-electron chi connectivity index (χ2n) is 5.78.